The number of hydrogen-bond donors (Lipinski definition) is 2. The van der Waals surface area contributed by atoms with E-state index in [1.807, 2.05) is 0 Å². The lowest BCUT2D eigenvalue weighted by atomic mass is 10.3. The first-order chi connectivity index (χ1) is 6.77. The van der Waals surface area contributed by atoms with Gasteiger partial charge in [0.05, 0.1) is 13.2 Å². The van der Waals surface area contributed by atoms with Crippen molar-refractivity contribution in [3.63, 3.8) is 0 Å². The summed E-state index contributed by atoms with van der Waals surface area (Å²) in [4.78, 5) is 3.97. The van der Waals surface area contributed by atoms with Gasteiger partial charge in [-0.05, 0) is 12.1 Å². The lowest BCUT2D eigenvalue weighted by Gasteiger charge is -2.27. The van der Waals surface area contributed by atoms with Crippen molar-refractivity contribution in [1.29, 1.82) is 5.41 Å². The number of hydrogen-bond acceptors (Lipinski definition) is 4. The monoisotopic (exact) mass is 193 g/mol. The predicted molar refractivity (Wildman–Crippen MR) is 50.5 cm³/mol. The molecule has 0 amide bonds. The van der Waals surface area contributed by atoms with Crippen molar-refractivity contribution in [3.8, 4) is 5.75 Å². The summed E-state index contributed by atoms with van der Waals surface area (Å²) in [5.74, 6) is 0.467. The molecule has 1 aromatic heterocycles. The van der Waals surface area contributed by atoms with Gasteiger partial charge in [-0.2, -0.15) is 0 Å². The molecule has 1 fully saturated rings. The number of nitrogens with two attached hydrogens (primary N) is 1. The number of pyridine rings is 1. The Bertz CT molecular complexity index is 350. The Morgan fingerprint density at radius 1 is 1.64 bits per heavy atom. The number of nitrogens with one attached hydrogen (secondary N) is 1. The van der Waals surface area contributed by atoms with Crippen molar-refractivity contribution >= 4 is 5.84 Å². The molecule has 5 heteroatoms. The SMILES string of the molecule is N=C(N)c1ncccc1OC1COC1. The summed E-state index contributed by atoms with van der Waals surface area (Å²) in [7, 11) is 0. The summed E-state index contributed by atoms with van der Waals surface area (Å²) in [6, 6.07) is 3.50. The minimum absolute atomic E-state index is 0.0669. The van der Waals surface area contributed by atoms with Gasteiger partial charge in [-0.3, -0.25) is 5.41 Å². The molecule has 2 rings (SSSR count). The minimum atomic E-state index is -0.0826. The maximum absolute atomic E-state index is 7.30. The molecule has 74 valence electrons. The van der Waals surface area contributed by atoms with Crippen molar-refractivity contribution in [2.75, 3.05) is 13.2 Å². The van der Waals surface area contributed by atoms with E-state index in [0.717, 1.165) is 0 Å². The molecule has 0 bridgehead atoms. The second-order valence-electron chi connectivity index (χ2n) is 3.04. The second-order valence-corrected chi connectivity index (χ2v) is 3.04. The Morgan fingerprint density at radius 2 is 2.43 bits per heavy atom. The molecular weight excluding hydrogens is 182 g/mol. The molecule has 2 heterocycles. The summed E-state index contributed by atoms with van der Waals surface area (Å²) in [5.41, 5.74) is 5.75. The molecule has 14 heavy (non-hydrogen) atoms. The number of nitrogens with zero attached hydrogens (tertiary/aromatic N) is 1. The van der Waals surface area contributed by atoms with Crippen molar-refractivity contribution in [3.05, 3.63) is 24.0 Å². The zero-order valence-corrected chi connectivity index (χ0v) is 7.56. The van der Waals surface area contributed by atoms with Gasteiger partial charge in [0.15, 0.2) is 0 Å². The molecule has 0 atom stereocenters. The van der Waals surface area contributed by atoms with E-state index in [9.17, 15) is 0 Å². The minimum Gasteiger partial charge on any atom is -0.483 e. The molecule has 5 nitrogen and oxygen atoms in total. The molecule has 3 N–H and O–H groups in total. The lowest BCUT2D eigenvalue weighted by Crippen LogP contribution is -2.39. The summed E-state index contributed by atoms with van der Waals surface area (Å²) in [5, 5.41) is 7.30. The molecule has 0 spiro atoms. The highest BCUT2D eigenvalue weighted by Gasteiger charge is 2.21. The Hall–Kier alpha value is -1.62. The second kappa shape index (κ2) is 3.63. The Balaban J connectivity index is 2.17. The highest BCUT2D eigenvalue weighted by molar-refractivity contribution is 5.95. The van der Waals surface area contributed by atoms with Crippen LogP contribution < -0.4 is 10.5 Å². The molecule has 1 aliphatic heterocycles. The van der Waals surface area contributed by atoms with Gasteiger partial charge in [0.2, 0.25) is 0 Å². The van der Waals surface area contributed by atoms with Crippen LogP contribution in [-0.2, 0) is 4.74 Å². The molecule has 1 aromatic rings. The van der Waals surface area contributed by atoms with Gasteiger partial charge in [-0.15, -0.1) is 0 Å². The number of nitrogen functional groups attached to an aromatic ring is 1. The van der Waals surface area contributed by atoms with Crippen LogP contribution in [-0.4, -0.2) is 30.1 Å². The van der Waals surface area contributed by atoms with Crippen molar-refractivity contribution < 1.29 is 9.47 Å². The fourth-order valence-electron chi connectivity index (χ4n) is 1.15. The molecule has 0 aromatic carbocycles. The molecular formula is C9H11N3O2. The van der Waals surface area contributed by atoms with Gasteiger partial charge < -0.3 is 15.2 Å². The Morgan fingerprint density at radius 3 is 3.00 bits per heavy atom. The smallest absolute Gasteiger partial charge is 0.149 e. The van der Waals surface area contributed by atoms with Gasteiger partial charge in [-0.1, -0.05) is 0 Å². The third-order valence-corrected chi connectivity index (χ3v) is 1.93. The van der Waals surface area contributed by atoms with E-state index in [-0.39, 0.29) is 11.9 Å². The highest BCUT2D eigenvalue weighted by Crippen LogP contribution is 2.18. The average molecular weight is 193 g/mol. The quantitative estimate of drug-likeness (QED) is 0.528. The third kappa shape index (κ3) is 1.67. The van der Waals surface area contributed by atoms with Crippen LogP contribution in [0.3, 0.4) is 0 Å². The highest BCUT2D eigenvalue weighted by atomic mass is 16.6. The number of rotatable bonds is 3. The van der Waals surface area contributed by atoms with Crippen molar-refractivity contribution in [2.45, 2.75) is 6.10 Å². The Kier molecular flexibility index (Phi) is 2.32. The van der Waals surface area contributed by atoms with Crippen molar-refractivity contribution in [2.24, 2.45) is 5.73 Å². The van der Waals surface area contributed by atoms with E-state index in [1.165, 1.54) is 0 Å². The summed E-state index contributed by atoms with van der Waals surface area (Å²) in [6.45, 7) is 1.18. The first-order valence-corrected chi connectivity index (χ1v) is 4.31. The molecule has 0 radical (unpaired) electrons. The van der Waals surface area contributed by atoms with Gasteiger partial charge in [-0.25, -0.2) is 4.98 Å². The van der Waals surface area contributed by atoms with Crippen LogP contribution in [0.4, 0.5) is 0 Å². The average Bonchev–Trinajstić information content (AvgIpc) is 2.12. The molecule has 1 saturated heterocycles. The first-order valence-electron chi connectivity index (χ1n) is 4.31. The van der Waals surface area contributed by atoms with Gasteiger partial charge in [0.1, 0.15) is 23.4 Å². The van der Waals surface area contributed by atoms with E-state index < -0.39 is 0 Å². The molecule has 0 saturated carbocycles. The zero-order chi connectivity index (χ0) is 9.97. The van der Waals surface area contributed by atoms with Crippen LogP contribution in [0.1, 0.15) is 5.69 Å². The topological polar surface area (TPSA) is 81.2 Å². The van der Waals surface area contributed by atoms with E-state index in [1.54, 1.807) is 18.3 Å². The van der Waals surface area contributed by atoms with Gasteiger partial charge in [0, 0.05) is 6.20 Å². The van der Waals surface area contributed by atoms with Crippen LogP contribution in [0.15, 0.2) is 18.3 Å². The molecule has 0 aliphatic carbocycles. The normalized spacial score (nSPS) is 16.0. The summed E-state index contributed by atoms with van der Waals surface area (Å²) < 4.78 is 10.5. The maximum Gasteiger partial charge on any atom is 0.149 e. The Labute approximate surface area is 81.4 Å². The van der Waals surface area contributed by atoms with Gasteiger partial charge >= 0.3 is 0 Å². The van der Waals surface area contributed by atoms with Crippen LogP contribution in [0, 0.1) is 5.41 Å². The molecule has 0 unspecified atom stereocenters. The van der Waals surface area contributed by atoms with E-state index in [4.69, 9.17) is 20.6 Å². The fourth-order valence-corrected chi connectivity index (χ4v) is 1.15. The zero-order valence-electron chi connectivity index (χ0n) is 7.56. The van der Waals surface area contributed by atoms with E-state index >= 15 is 0 Å². The van der Waals surface area contributed by atoms with E-state index in [0.29, 0.717) is 24.7 Å². The summed E-state index contributed by atoms with van der Waals surface area (Å²) in [6.07, 6.45) is 1.65. The predicted octanol–water partition coefficient (Wildman–Crippen LogP) is 0.143. The third-order valence-electron chi connectivity index (χ3n) is 1.93. The van der Waals surface area contributed by atoms with Crippen LogP contribution >= 0.6 is 0 Å². The van der Waals surface area contributed by atoms with Crippen LogP contribution in [0.5, 0.6) is 5.75 Å². The van der Waals surface area contributed by atoms with Crippen LogP contribution in [0.2, 0.25) is 0 Å². The van der Waals surface area contributed by atoms with Gasteiger partial charge in [0.25, 0.3) is 0 Å². The first kappa shape index (κ1) is 8.96. The van der Waals surface area contributed by atoms with E-state index in [2.05, 4.69) is 4.98 Å². The number of aromatic nitrogens is 1. The summed E-state index contributed by atoms with van der Waals surface area (Å²) >= 11 is 0. The largest absolute Gasteiger partial charge is 0.483 e. The number of ether oxygens (including phenoxy) is 2. The molecule has 1 aliphatic rings. The van der Waals surface area contributed by atoms with Crippen molar-refractivity contribution in [1.82, 2.24) is 4.98 Å². The standard InChI is InChI=1S/C9H11N3O2/c10-9(11)8-7(2-1-3-12-8)14-6-4-13-5-6/h1-3,6H,4-5H2,(H3,10,11). The van der Waals surface area contributed by atoms with Crippen LogP contribution in [0.25, 0.3) is 0 Å². The fraction of sp³-hybridized carbons (Fsp3) is 0.333. The lowest BCUT2D eigenvalue weighted by molar-refractivity contribution is -0.0798. The maximum atomic E-state index is 7.30. The number of amidine groups is 1.